The highest BCUT2D eigenvalue weighted by Gasteiger charge is 2.11. The lowest BCUT2D eigenvalue weighted by Crippen LogP contribution is -2.26. The topological polar surface area (TPSA) is 71.3 Å². The monoisotopic (exact) mass is 494 g/mol. The molecule has 0 atom stereocenters. The third kappa shape index (κ3) is 7.28. The van der Waals surface area contributed by atoms with Crippen molar-refractivity contribution < 1.29 is 14.3 Å². The molecule has 174 valence electrons. The number of nitriles is 1. The zero-order valence-electron chi connectivity index (χ0n) is 18.7. The van der Waals surface area contributed by atoms with Crippen LogP contribution in [0.25, 0.3) is 6.08 Å². The number of nitrogens with one attached hydrogen (secondary N) is 1. The minimum absolute atomic E-state index is 0.0139. The van der Waals surface area contributed by atoms with Crippen LogP contribution in [-0.2, 0) is 17.8 Å². The second kappa shape index (κ2) is 12.7. The highest BCUT2D eigenvalue weighted by Crippen LogP contribution is 2.31. The number of hydrogen-bond donors (Lipinski definition) is 1. The van der Waals surface area contributed by atoms with E-state index in [-0.39, 0.29) is 12.2 Å². The molecule has 5 nitrogen and oxygen atoms in total. The fourth-order valence-corrected chi connectivity index (χ4v) is 3.49. The van der Waals surface area contributed by atoms with Gasteiger partial charge in [0, 0.05) is 6.54 Å². The molecule has 0 saturated carbocycles. The van der Waals surface area contributed by atoms with E-state index < -0.39 is 5.91 Å². The van der Waals surface area contributed by atoms with Crippen molar-refractivity contribution in [2.75, 3.05) is 13.2 Å². The standard InChI is InChI=1S/C27H24Cl2N2O3/c1-2-33-26-16-20(9-11-25(26)34-18-21-8-10-23(28)24(29)15-21)14-22(17-30)27(32)31-13-12-19-6-4-3-5-7-19/h3-11,14-16H,2,12-13,18H2,1H3,(H,31,32)/b22-14+. The van der Waals surface area contributed by atoms with Gasteiger partial charge in [0.15, 0.2) is 11.5 Å². The lowest BCUT2D eigenvalue weighted by atomic mass is 10.1. The molecule has 7 heteroatoms. The summed E-state index contributed by atoms with van der Waals surface area (Å²) in [6.45, 7) is 3.01. The van der Waals surface area contributed by atoms with Crippen molar-refractivity contribution in [3.63, 3.8) is 0 Å². The summed E-state index contributed by atoms with van der Waals surface area (Å²) in [7, 11) is 0. The molecule has 1 N–H and O–H groups in total. The molecule has 34 heavy (non-hydrogen) atoms. The maximum absolute atomic E-state index is 12.5. The quantitative estimate of drug-likeness (QED) is 0.267. The van der Waals surface area contributed by atoms with Crippen LogP contribution in [0.15, 0.2) is 72.3 Å². The van der Waals surface area contributed by atoms with E-state index >= 15 is 0 Å². The first-order valence-corrected chi connectivity index (χ1v) is 11.5. The van der Waals surface area contributed by atoms with E-state index in [1.165, 1.54) is 6.08 Å². The first kappa shape index (κ1) is 25.2. The first-order chi connectivity index (χ1) is 16.5. The molecular formula is C27H24Cl2N2O3. The van der Waals surface area contributed by atoms with Gasteiger partial charge in [0.2, 0.25) is 0 Å². The molecule has 0 aromatic heterocycles. The summed E-state index contributed by atoms with van der Waals surface area (Å²) < 4.78 is 11.6. The van der Waals surface area contributed by atoms with Gasteiger partial charge in [0.1, 0.15) is 18.2 Å². The van der Waals surface area contributed by atoms with Gasteiger partial charge < -0.3 is 14.8 Å². The second-order valence-electron chi connectivity index (χ2n) is 7.34. The van der Waals surface area contributed by atoms with Crippen LogP contribution in [0.5, 0.6) is 11.5 Å². The van der Waals surface area contributed by atoms with Crippen LogP contribution in [-0.4, -0.2) is 19.1 Å². The van der Waals surface area contributed by atoms with Crippen molar-refractivity contribution >= 4 is 35.2 Å². The normalized spacial score (nSPS) is 10.9. The summed E-state index contributed by atoms with van der Waals surface area (Å²) in [6, 6.07) is 22.4. The predicted octanol–water partition coefficient (Wildman–Crippen LogP) is 6.24. The highest BCUT2D eigenvalue weighted by molar-refractivity contribution is 6.42. The molecule has 0 unspecified atom stereocenters. The Hall–Kier alpha value is -3.46. The molecule has 0 saturated heterocycles. The van der Waals surface area contributed by atoms with Gasteiger partial charge in [-0.3, -0.25) is 4.79 Å². The van der Waals surface area contributed by atoms with Crippen LogP contribution in [0.2, 0.25) is 10.0 Å². The average molecular weight is 495 g/mol. The number of nitrogens with zero attached hydrogens (tertiary/aromatic N) is 1. The van der Waals surface area contributed by atoms with Crippen LogP contribution in [0, 0.1) is 11.3 Å². The molecule has 0 fully saturated rings. The van der Waals surface area contributed by atoms with Crippen molar-refractivity contribution in [2.45, 2.75) is 20.0 Å². The maximum atomic E-state index is 12.5. The average Bonchev–Trinajstić information content (AvgIpc) is 2.85. The van der Waals surface area contributed by atoms with Gasteiger partial charge >= 0.3 is 0 Å². The van der Waals surface area contributed by atoms with Gasteiger partial charge in [-0.2, -0.15) is 5.26 Å². The Morgan fingerprint density at radius 3 is 2.47 bits per heavy atom. The smallest absolute Gasteiger partial charge is 0.261 e. The van der Waals surface area contributed by atoms with Crippen LogP contribution in [0.4, 0.5) is 0 Å². The Balaban J connectivity index is 1.68. The Morgan fingerprint density at radius 2 is 1.76 bits per heavy atom. The van der Waals surface area contributed by atoms with E-state index in [1.54, 1.807) is 30.3 Å². The third-order valence-electron chi connectivity index (χ3n) is 4.86. The van der Waals surface area contributed by atoms with Gasteiger partial charge in [-0.05, 0) is 60.4 Å². The Morgan fingerprint density at radius 1 is 0.971 bits per heavy atom. The van der Waals surface area contributed by atoms with E-state index in [0.717, 1.165) is 11.1 Å². The number of rotatable bonds is 10. The zero-order valence-corrected chi connectivity index (χ0v) is 20.2. The fourth-order valence-electron chi connectivity index (χ4n) is 3.17. The lowest BCUT2D eigenvalue weighted by molar-refractivity contribution is -0.117. The SMILES string of the molecule is CCOc1cc(/C=C(\C#N)C(=O)NCCc2ccccc2)ccc1OCc1ccc(Cl)c(Cl)c1. The van der Waals surface area contributed by atoms with Crippen LogP contribution < -0.4 is 14.8 Å². The molecule has 0 aliphatic carbocycles. The van der Waals surface area contributed by atoms with E-state index in [1.807, 2.05) is 49.4 Å². The Labute approximate surface area is 209 Å². The van der Waals surface area contributed by atoms with Gasteiger partial charge in [0.05, 0.1) is 16.7 Å². The van der Waals surface area contributed by atoms with E-state index in [9.17, 15) is 10.1 Å². The van der Waals surface area contributed by atoms with Crippen molar-refractivity contribution in [3.8, 4) is 17.6 Å². The first-order valence-electron chi connectivity index (χ1n) is 10.8. The van der Waals surface area contributed by atoms with Gasteiger partial charge in [-0.25, -0.2) is 0 Å². The molecule has 3 rings (SSSR count). The van der Waals surface area contributed by atoms with Crippen LogP contribution in [0.3, 0.4) is 0 Å². The molecular weight excluding hydrogens is 471 g/mol. The number of amides is 1. The van der Waals surface area contributed by atoms with Crippen molar-refractivity contribution in [3.05, 3.63) is 99.0 Å². The molecule has 3 aromatic rings. The summed E-state index contributed by atoms with van der Waals surface area (Å²) in [5.41, 5.74) is 2.64. The number of carbonyl (C=O) groups is 1. The summed E-state index contributed by atoms with van der Waals surface area (Å²) in [5.74, 6) is 0.630. The minimum atomic E-state index is -0.420. The van der Waals surface area contributed by atoms with Crippen molar-refractivity contribution in [1.82, 2.24) is 5.32 Å². The van der Waals surface area contributed by atoms with E-state index in [0.29, 0.717) is 46.7 Å². The predicted molar refractivity (Wildman–Crippen MR) is 135 cm³/mol. The summed E-state index contributed by atoms with van der Waals surface area (Å²) in [4.78, 5) is 12.5. The summed E-state index contributed by atoms with van der Waals surface area (Å²) in [5, 5.41) is 13.2. The number of halogens is 2. The number of hydrogen-bond acceptors (Lipinski definition) is 4. The second-order valence-corrected chi connectivity index (χ2v) is 8.15. The summed E-state index contributed by atoms with van der Waals surface area (Å²) >= 11 is 12.0. The van der Waals surface area contributed by atoms with Gasteiger partial charge in [0.25, 0.3) is 5.91 Å². The molecule has 0 aliphatic heterocycles. The Bertz CT molecular complexity index is 1200. The molecule has 3 aromatic carbocycles. The van der Waals surface area contributed by atoms with E-state index in [4.69, 9.17) is 32.7 Å². The largest absolute Gasteiger partial charge is 0.490 e. The highest BCUT2D eigenvalue weighted by atomic mass is 35.5. The van der Waals surface area contributed by atoms with Crippen LogP contribution >= 0.6 is 23.2 Å². The maximum Gasteiger partial charge on any atom is 0.261 e. The van der Waals surface area contributed by atoms with E-state index in [2.05, 4.69) is 5.32 Å². The molecule has 0 aliphatic rings. The molecule has 0 bridgehead atoms. The molecule has 1 amide bonds. The van der Waals surface area contributed by atoms with Gasteiger partial charge in [-0.1, -0.05) is 65.7 Å². The third-order valence-corrected chi connectivity index (χ3v) is 5.60. The Kier molecular flexibility index (Phi) is 9.40. The number of benzene rings is 3. The zero-order chi connectivity index (χ0) is 24.3. The molecule has 0 spiro atoms. The van der Waals surface area contributed by atoms with Gasteiger partial charge in [-0.15, -0.1) is 0 Å². The number of ether oxygens (including phenoxy) is 2. The summed E-state index contributed by atoms with van der Waals surface area (Å²) in [6.07, 6.45) is 2.22. The lowest BCUT2D eigenvalue weighted by Gasteiger charge is -2.13. The van der Waals surface area contributed by atoms with Crippen molar-refractivity contribution in [2.24, 2.45) is 0 Å². The fraction of sp³-hybridized carbons (Fsp3) is 0.185. The van der Waals surface area contributed by atoms with Crippen LogP contribution in [0.1, 0.15) is 23.6 Å². The minimum Gasteiger partial charge on any atom is -0.490 e. The van der Waals surface area contributed by atoms with Crippen molar-refractivity contribution in [1.29, 1.82) is 5.26 Å². The molecule has 0 radical (unpaired) electrons. The number of carbonyl (C=O) groups excluding carboxylic acids is 1. The molecule has 0 heterocycles.